The summed E-state index contributed by atoms with van der Waals surface area (Å²) in [5, 5.41) is 0. The van der Waals surface area contributed by atoms with E-state index in [4.69, 9.17) is 9.47 Å². The van der Waals surface area contributed by atoms with Gasteiger partial charge in [-0.2, -0.15) is 0 Å². The highest BCUT2D eigenvalue weighted by Crippen LogP contribution is 2.17. The van der Waals surface area contributed by atoms with Crippen molar-refractivity contribution in [1.82, 2.24) is 9.88 Å². The van der Waals surface area contributed by atoms with Gasteiger partial charge in [-0.3, -0.25) is 9.78 Å². The van der Waals surface area contributed by atoms with Crippen LogP contribution < -0.4 is 9.47 Å². The molecule has 0 aliphatic heterocycles. The van der Waals surface area contributed by atoms with E-state index in [0.717, 1.165) is 17.7 Å². The van der Waals surface area contributed by atoms with Gasteiger partial charge < -0.3 is 14.4 Å². The van der Waals surface area contributed by atoms with Crippen LogP contribution in [0.5, 0.6) is 11.5 Å². The van der Waals surface area contributed by atoms with E-state index in [9.17, 15) is 4.79 Å². The summed E-state index contributed by atoms with van der Waals surface area (Å²) < 4.78 is 10.9. The Labute approximate surface area is 136 Å². The molecule has 122 valence electrons. The highest BCUT2D eigenvalue weighted by atomic mass is 16.5. The molecule has 5 nitrogen and oxygen atoms in total. The van der Waals surface area contributed by atoms with Gasteiger partial charge in [0.05, 0.1) is 6.61 Å². The molecule has 0 atom stereocenters. The highest BCUT2D eigenvalue weighted by molar-refractivity contribution is 5.77. The first-order chi connectivity index (χ1) is 11.2. The molecule has 0 aliphatic rings. The number of ether oxygens (including phenoxy) is 2. The van der Waals surface area contributed by atoms with Crippen LogP contribution in [0.1, 0.15) is 12.5 Å². The van der Waals surface area contributed by atoms with E-state index in [-0.39, 0.29) is 12.5 Å². The molecule has 1 amide bonds. The molecule has 0 unspecified atom stereocenters. The number of nitrogens with zero attached hydrogens (tertiary/aromatic N) is 2. The Morgan fingerprint density at radius 3 is 2.26 bits per heavy atom. The van der Waals surface area contributed by atoms with E-state index in [1.54, 1.807) is 36.5 Å². The third kappa shape index (κ3) is 5.62. The fraction of sp³-hybridized carbons (Fsp3) is 0.333. The van der Waals surface area contributed by atoms with Crippen LogP contribution >= 0.6 is 0 Å². The third-order valence-electron chi connectivity index (χ3n) is 3.41. The van der Waals surface area contributed by atoms with Crippen LogP contribution in [0.25, 0.3) is 0 Å². The number of aromatic nitrogens is 1. The lowest BCUT2D eigenvalue weighted by Crippen LogP contribution is -2.33. The topological polar surface area (TPSA) is 51.7 Å². The molecule has 1 aromatic carbocycles. The maximum Gasteiger partial charge on any atom is 0.260 e. The Hall–Kier alpha value is -2.56. The number of carbonyl (C=O) groups is 1. The normalized spacial score (nSPS) is 10.2. The number of likely N-dealkylation sites (N-methyl/N-ethyl adjacent to an activating group) is 1. The molecule has 2 rings (SSSR count). The van der Waals surface area contributed by atoms with Gasteiger partial charge in [-0.25, -0.2) is 0 Å². The quantitative estimate of drug-likeness (QED) is 0.751. The SMILES string of the molecule is CCOc1ccc(OCC(=O)N(C)CCc2ccncc2)cc1. The minimum Gasteiger partial charge on any atom is -0.494 e. The number of amides is 1. The van der Waals surface area contributed by atoms with Gasteiger partial charge in [0.25, 0.3) is 5.91 Å². The highest BCUT2D eigenvalue weighted by Gasteiger charge is 2.09. The maximum absolute atomic E-state index is 12.1. The Bertz CT molecular complexity index is 599. The van der Waals surface area contributed by atoms with Crippen molar-refractivity contribution in [3.63, 3.8) is 0 Å². The van der Waals surface area contributed by atoms with Crippen molar-refractivity contribution in [2.75, 3.05) is 26.8 Å². The van der Waals surface area contributed by atoms with Gasteiger partial charge in [-0.1, -0.05) is 0 Å². The first kappa shape index (κ1) is 16.8. The molecule has 0 fully saturated rings. The molecule has 1 heterocycles. The van der Waals surface area contributed by atoms with E-state index < -0.39 is 0 Å². The van der Waals surface area contributed by atoms with E-state index in [0.29, 0.717) is 18.9 Å². The molecule has 0 bridgehead atoms. The molecule has 0 saturated carbocycles. The standard InChI is InChI=1S/C18H22N2O3/c1-3-22-16-4-6-17(7-5-16)23-14-18(21)20(2)13-10-15-8-11-19-12-9-15/h4-9,11-12H,3,10,13-14H2,1-2H3. The molecule has 23 heavy (non-hydrogen) atoms. The molecule has 0 N–H and O–H groups in total. The molecule has 0 spiro atoms. The van der Waals surface area contributed by atoms with Crippen LogP contribution in [0, 0.1) is 0 Å². The Morgan fingerprint density at radius 1 is 1.04 bits per heavy atom. The second-order valence-electron chi connectivity index (χ2n) is 5.11. The zero-order chi connectivity index (χ0) is 16.5. The van der Waals surface area contributed by atoms with Gasteiger partial charge >= 0.3 is 0 Å². The Balaban J connectivity index is 1.75. The lowest BCUT2D eigenvalue weighted by molar-refractivity contribution is -0.132. The van der Waals surface area contributed by atoms with Crippen LogP contribution in [-0.2, 0) is 11.2 Å². The number of pyridine rings is 1. The van der Waals surface area contributed by atoms with Gasteiger partial charge in [-0.05, 0) is 55.3 Å². The summed E-state index contributed by atoms with van der Waals surface area (Å²) in [5.41, 5.74) is 1.16. The van der Waals surface area contributed by atoms with Gasteiger partial charge in [0, 0.05) is 26.0 Å². The molecular weight excluding hydrogens is 292 g/mol. The van der Waals surface area contributed by atoms with Crippen LogP contribution in [0.2, 0.25) is 0 Å². The van der Waals surface area contributed by atoms with Crippen molar-refractivity contribution < 1.29 is 14.3 Å². The number of benzene rings is 1. The second-order valence-corrected chi connectivity index (χ2v) is 5.11. The van der Waals surface area contributed by atoms with Gasteiger partial charge in [0.1, 0.15) is 11.5 Å². The number of hydrogen-bond acceptors (Lipinski definition) is 4. The summed E-state index contributed by atoms with van der Waals surface area (Å²) in [7, 11) is 1.78. The average Bonchev–Trinajstić information content (AvgIpc) is 2.60. The number of carbonyl (C=O) groups excluding carboxylic acids is 1. The van der Waals surface area contributed by atoms with Crippen molar-refractivity contribution in [1.29, 1.82) is 0 Å². The van der Waals surface area contributed by atoms with Crippen LogP contribution in [0.4, 0.5) is 0 Å². The minimum atomic E-state index is -0.0482. The van der Waals surface area contributed by atoms with Gasteiger partial charge in [0.2, 0.25) is 0 Å². The van der Waals surface area contributed by atoms with Crippen LogP contribution in [-0.4, -0.2) is 42.6 Å². The number of rotatable bonds is 8. The van der Waals surface area contributed by atoms with E-state index >= 15 is 0 Å². The maximum atomic E-state index is 12.1. The minimum absolute atomic E-state index is 0.0286. The Kier molecular flexibility index (Phi) is 6.41. The molecule has 0 saturated heterocycles. The van der Waals surface area contributed by atoms with Gasteiger partial charge in [-0.15, -0.1) is 0 Å². The molecular formula is C18H22N2O3. The van der Waals surface area contributed by atoms with E-state index in [1.807, 2.05) is 31.2 Å². The van der Waals surface area contributed by atoms with Crippen LogP contribution in [0.15, 0.2) is 48.8 Å². The lowest BCUT2D eigenvalue weighted by atomic mass is 10.2. The summed E-state index contributed by atoms with van der Waals surface area (Å²) in [5.74, 6) is 1.40. The predicted octanol–water partition coefficient (Wildman–Crippen LogP) is 2.56. The smallest absolute Gasteiger partial charge is 0.260 e. The first-order valence-electron chi connectivity index (χ1n) is 7.67. The van der Waals surface area contributed by atoms with Crippen molar-refractivity contribution >= 4 is 5.91 Å². The molecule has 0 aliphatic carbocycles. The summed E-state index contributed by atoms with van der Waals surface area (Å²) in [6.07, 6.45) is 4.31. The summed E-state index contributed by atoms with van der Waals surface area (Å²) in [6.45, 7) is 3.24. The average molecular weight is 314 g/mol. The third-order valence-corrected chi connectivity index (χ3v) is 3.41. The zero-order valence-electron chi connectivity index (χ0n) is 13.6. The molecule has 5 heteroatoms. The first-order valence-corrected chi connectivity index (χ1v) is 7.67. The van der Waals surface area contributed by atoms with Gasteiger partial charge in [0.15, 0.2) is 6.61 Å². The molecule has 2 aromatic rings. The van der Waals surface area contributed by atoms with Crippen molar-refractivity contribution in [3.05, 3.63) is 54.4 Å². The predicted molar refractivity (Wildman–Crippen MR) is 88.7 cm³/mol. The molecule has 1 aromatic heterocycles. The number of hydrogen-bond donors (Lipinski definition) is 0. The summed E-state index contributed by atoms with van der Waals surface area (Å²) >= 11 is 0. The van der Waals surface area contributed by atoms with Crippen molar-refractivity contribution in [3.8, 4) is 11.5 Å². The lowest BCUT2D eigenvalue weighted by Gasteiger charge is -2.17. The summed E-state index contributed by atoms with van der Waals surface area (Å²) in [4.78, 5) is 17.7. The zero-order valence-corrected chi connectivity index (χ0v) is 13.6. The van der Waals surface area contributed by atoms with E-state index in [1.165, 1.54) is 0 Å². The van der Waals surface area contributed by atoms with Crippen molar-refractivity contribution in [2.24, 2.45) is 0 Å². The largest absolute Gasteiger partial charge is 0.494 e. The van der Waals surface area contributed by atoms with Crippen LogP contribution in [0.3, 0.4) is 0 Å². The summed E-state index contributed by atoms with van der Waals surface area (Å²) in [6, 6.07) is 11.2. The van der Waals surface area contributed by atoms with Crippen molar-refractivity contribution in [2.45, 2.75) is 13.3 Å². The fourth-order valence-electron chi connectivity index (χ4n) is 2.02. The Morgan fingerprint density at radius 2 is 1.65 bits per heavy atom. The monoisotopic (exact) mass is 314 g/mol. The second kappa shape index (κ2) is 8.78. The fourth-order valence-corrected chi connectivity index (χ4v) is 2.02. The molecule has 0 radical (unpaired) electrons. The van der Waals surface area contributed by atoms with E-state index in [2.05, 4.69) is 4.98 Å².